The third-order valence-corrected chi connectivity index (χ3v) is 3.72. The minimum Gasteiger partial charge on any atom is -0.313 e. The molecule has 2 heterocycles. The van der Waals surface area contributed by atoms with Crippen molar-refractivity contribution in [2.75, 3.05) is 7.05 Å². The van der Waals surface area contributed by atoms with Crippen LogP contribution in [0.2, 0.25) is 0 Å². The van der Waals surface area contributed by atoms with Crippen LogP contribution < -0.4 is 5.32 Å². The van der Waals surface area contributed by atoms with Crippen LogP contribution in [0.15, 0.2) is 0 Å². The SMILES string of the molecule is CNC1(c2nnc3n2CCC3)CCC1. The van der Waals surface area contributed by atoms with Gasteiger partial charge in [0.05, 0.1) is 5.54 Å². The van der Waals surface area contributed by atoms with Crippen LogP contribution in [0.1, 0.15) is 37.3 Å². The Bertz CT molecular complexity index is 345. The molecule has 0 radical (unpaired) electrons. The minimum atomic E-state index is 0.148. The Morgan fingerprint density at radius 1 is 1.29 bits per heavy atom. The Labute approximate surface area is 83.7 Å². The number of nitrogens with zero attached hydrogens (tertiary/aromatic N) is 3. The number of aromatic nitrogens is 3. The molecule has 1 aromatic rings. The van der Waals surface area contributed by atoms with Gasteiger partial charge in [0.1, 0.15) is 5.82 Å². The van der Waals surface area contributed by atoms with E-state index in [4.69, 9.17) is 0 Å². The first-order chi connectivity index (χ1) is 6.86. The van der Waals surface area contributed by atoms with E-state index in [-0.39, 0.29) is 5.54 Å². The first-order valence-electron chi connectivity index (χ1n) is 5.47. The zero-order valence-electron chi connectivity index (χ0n) is 8.58. The van der Waals surface area contributed by atoms with Crippen LogP contribution in [0, 0.1) is 0 Å². The summed E-state index contributed by atoms with van der Waals surface area (Å²) in [7, 11) is 2.04. The zero-order chi connectivity index (χ0) is 9.60. The molecule has 1 aromatic heterocycles. The number of rotatable bonds is 2. The van der Waals surface area contributed by atoms with Gasteiger partial charge < -0.3 is 9.88 Å². The van der Waals surface area contributed by atoms with E-state index in [9.17, 15) is 0 Å². The quantitative estimate of drug-likeness (QED) is 0.754. The fraction of sp³-hybridized carbons (Fsp3) is 0.800. The maximum Gasteiger partial charge on any atom is 0.153 e. The van der Waals surface area contributed by atoms with E-state index < -0.39 is 0 Å². The molecule has 0 amide bonds. The van der Waals surface area contributed by atoms with Gasteiger partial charge >= 0.3 is 0 Å². The van der Waals surface area contributed by atoms with Gasteiger partial charge in [-0.2, -0.15) is 0 Å². The standard InChI is InChI=1S/C10H16N4/c1-11-10(5-3-6-10)9-13-12-8-4-2-7-14(8)9/h11H,2-7H2,1H3. The van der Waals surface area contributed by atoms with Crippen molar-refractivity contribution in [1.29, 1.82) is 0 Å². The van der Waals surface area contributed by atoms with Gasteiger partial charge in [-0.05, 0) is 32.7 Å². The lowest BCUT2D eigenvalue weighted by atomic mass is 9.76. The summed E-state index contributed by atoms with van der Waals surface area (Å²) in [6.07, 6.45) is 6.07. The van der Waals surface area contributed by atoms with Crippen molar-refractivity contribution in [2.45, 2.75) is 44.2 Å². The van der Waals surface area contributed by atoms with Crippen LogP contribution in [0.4, 0.5) is 0 Å². The first-order valence-corrected chi connectivity index (χ1v) is 5.47. The molecule has 1 aliphatic carbocycles. The van der Waals surface area contributed by atoms with Gasteiger partial charge in [-0.15, -0.1) is 10.2 Å². The van der Waals surface area contributed by atoms with Crippen LogP contribution in [-0.4, -0.2) is 21.8 Å². The number of nitrogens with one attached hydrogen (secondary N) is 1. The van der Waals surface area contributed by atoms with Gasteiger partial charge in [-0.1, -0.05) is 0 Å². The summed E-state index contributed by atoms with van der Waals surface area (Å²) in [6, 6.07) is 0. The van der Waals surface area contributed by atoms with Gasteiger partial charge in [0.25, 0.3) is 0 Å². The molecular weight excluding hydrogens is 176 g/mol. The van der Waals surface area contributed by atoms with E-state index in [2.05, 4.69) is 20.1 Å². The van der Waals surface area contributed by atoms with Crippen LogP contribution >= 0.6 is 0 Å². The van der Waals surface area contributed by atoms with Crippen LogP contribution in [-0.2, 0) is 18.5 Å². The van der Waals surface area contributed by atoms with E-state index in [0.717, 1.165) is 13.0 Å². The number of aryl methyl sites for hydroxylation is 1. The van der Waals surface area contributed by atoms with Crippen molar-refractivity contribution in [3.8, 4) is 0 Å². The van der Waals surface area contributed by atoms with Crippen LogP contribution in [0.5, 0.6) is 0 Å². The second-order valence-electron chi connectivity index (χ2n) is 4.38. The number of hydrogen-bond acceptors (Lipinski definition) is 3. The second kappa shape index (κ2) is 2.79. The first kappa shape index (κ1) is 8.41. The molecule has 0 saturated heterocycles. The van der Waals surface area contributed by atoms with Crippen molar-refractivity contribution in [3.05, 3.63) is 11.6 Å². The fourth-order valence-electron chi connectivity index (χ4n) is 2.62. The molecule has 2 aliphatic rings. The molecule has 0 bridgehead atoms. The highest BCUT2D eigenvalue weighted by Gasteiger charge is 2.42. The lowest BCUT2D eigenvalue weighted by Crippen LogP contribution is -2.48. The highest BCUT2D eigenvalue weighted by Crippen LogP contribution is 2.40. The molecule has 4 nitrogen and oxygen atoms in total. The summed E-state index contributed by atoms with van der Waals surface area (Å²) in [5.74, 6) is 2.36. The predicted molar refractivity (Wildman–Crippen MR) is 52.9 cm³/mol. The van der Waals surface area contributed by atoms with Crippen molar-refractivity contribution < 1.29 is 0 Å². The molecular formula is C10H16N4. The van der Waals surface area contributed by atoms with E-state index in [1.165, 1.54) is 37.3 Å². The van der Waals surface area contributed by atoms with Gasteiger partial charge in [0.15, 0.2) is 5.82 Å². The maximum atomic E-state index is 4.35. The van der Waals surface area contributed by atoms with E-state index in [1.807, 2.05) is 7.05 Å². The largest absolute Gasteiger partial charge is 0.313 e. The molecule has 1 N–H and O–H groups in total. The molecule has 14 heavy (non-hydrogen) atoms. The van der Waals surface area contributed by atoms with Crippen molar-refractivity contribution in [3.63, 3.8) is 0 Å². The molecule has 0 spiro atoms. The monoisotopic (exact) mass is 192 g/mol. The Morgan fingerprint density at radius 3 is 2.79 bits per heavy atom. The summed E-state index contributed by atoms with van der Waals surface area (Å²) in [5.41, 5.74) is 0.148. The van der Waals surface area contributed by atoms with Crippen LogP contribution in [0.25, 0.3) is 0 Å². The van der Waals surface area contributed by atoms with Crippen molar-refractivity contribution >= 4 is 0 Å². The molecule has 0 aromatic carbocycles. The van der Waals surface area contributed by atoms with Gasteiger partial charge in [-0.25, -0.2) is 0 Å². The van der Waals surface area contributed by atoms with Gasteiger partial charge in [0.2, 0.25) is 0 Å². The molecule has 1 aliphatic heterocycles. The molecule has 4 heteroatoms. The lowest BCUT2D eigenvalue weighted by Gasteiger charge is -2.40. The summed E-state index contributed by atoms with van der Waals surface area (Å²) in [4.78, 5) is 0. The van der Waals surface area contributed by atoms with Crippen molar-refractivity contribution in [2.24, 2.45) is 0 Å². The highest BCUT2D eigenvalue weighted by molar-refractivity contribution is 5.15. The second-order valence-corrected chi connectivity index (χ2v) is 4.38. The van der Waals surface area contributed by atoms with E-state index in [1.54, 1.807) is 0 Å². The van der Waals surface area contributed by atoms with Crippen LogP contribution in [0.3, 0.4) is 0 Å². The zero-order valence-corrected chi connectivity index (χ0v) is 8.58. The summed E-state index contributed by atoms with van der Waals surface area (Å²) in [6.45, 7) is 1.11. The summed E-state index contributed by atoms with van der Waals surface area (Å²) in [5, 5.41) is 12.0. The molecule has 0 atom stereocenters. The highest BCUT2D eigenvalue weighted by atomic mass is 15.3. The predicted octanol–water partition coefficient (Wildman–Crippen LogP) is 0.823. The third-order valence-electron chi connectivity index (χ3n) is 3.72. The molecule has 0 unspecified atom stereocenters. The fourth-order valence-corrected chi connectivity index (χ4v) is 2.62. The summed E-state index contributed by atoms with van der Waals surface area (Å²) >= 11 is 0. The minimum absolute atomic E-state index is 0.148. The smallest absolute Gasteiger partial charge is 0.153 e. The third kappa shape index (κ3) is 0.919. The average molecular weight is 192 g/mol. The molecule has 1 fully saturated rings. The van der Waals surface area contributed by atoms with Crippen molar-refractivity contribution in [1.82, 2.24) is 20.1 Å². The average Bonchev–Trinajstić information content (AvgIpc) is 2.67. The Morgan fingerprint density at radius 2 is 2.14 bits per heavy atom. The number of fused-ring (bicyclic) bond motifs is 1. The van der Waals surface area contributed by atoms with E-state index >= 15 is 0 Å². The molecule has 3 rings (SSSR count). The van der Waals surface area contributed by atoms with E-state index in [0.29, 0.717) is 0 Å². The summed E-state index contributed by atoms with van der Waals surface area (Å²) < 4.78 is 2.32. The molecule has 76 valence electrons. The normalized spacial score (nSPS) is 23.2. The van der Waals surface area contributed by atoms with Gasteiger partial charge in [0, 0.05) is 13.0 Å². The number of hydrogen-bond donors (Lipinski definition) is 1. The molecule has 1 saturated carbocycles. The maximum absolute atomic E-state index is 4.35. The van der Waals surface area contributed by atoms with Gasteiger partial charge in [-0.3, -0.25) is 0 Å². The lowest BCUT2D eigenvalue weighted by molar-refractivity contribution is 0.180. The Kier molecular flexibility index (Phi) is 1.68. The topological polar surface area (TPSA) is 42.7 Å². The Balaban J connectivity index is 2.03. The Hall–Kier alpha value is -0.900.